The first-order valence-corrected chi connectivity index (χ1v) is 13.7. The highest BCUT2D eigenvalue weighted by molar-refractivity contribution is 9.10. The van der Waals surface area contributed by atoms with Crippen LogP contribution >= 0.6 is 27.7 Å². The lowest BCUT2D eigenvalue weighted by Crippen LogP contribution is -2.25. The maximum atomic E-state index is 14.1. The zero-order valence-electron chi connectivity index (χ0n) is 19.5. The van der Waals surface area contributed by atoms with Crippen molar-refractivity contribution in [2.24, 2.45) is 17.8 Å². The number of hydrogen-bond acceptors (Lipinski definition) is 5. The lowest BCUT2D eigenvalue weighted by atomic mass is 9.84. The first kappa shape index (κ1) is 24.3. The summed E-state index contributed by atoms with van der Waals surface area (Å²) in [5.41, 5.74) is 0.745. The minimum atomic E-state index is -0.404. The Hall–Kier alpha value is -2.39. The molecule has 2 aromatic carbocycles. The van der Waals surface area contributed by atoms with Gasteiger partial charge in [0.2, 0.25) is 5.91 Å². The number of rotatable bonds is 9. The third-order valence-electron chi connectivity index (χ3n) is 7.21. The summed E-state index contributed by atoms with van der Waals surface area (Å²) in [4.78, 5) is 12.6. The maximum Gasteiger partial charge on any atom is 0.234 e. The zero-order valence-corrected chi connectivity index (χ0v) is 21.9. The van der Waals surface area contributed by atoms with Crippen molar-refractivity contribution in [3.8, 4) is 5.75 Å². The standard InChI is InChI=1S/C26H28BrFN4O2S/c1-16(21-13-17-6-7-18(21)12-17)32-24(14-34-23-5-3-2-4-22(23)28)30-31-26(32)35-15-25(33)29-20-10-8-19(27)9-11-20/h2-5,8-11,16-18,21H,6-7,12-15H2,1H3,(H,29,33)/t16-,17+,18+,21+/m1/s1. The van der Waals surface area contributed by atoms with Crippen molar-refractivity contribution in [3.05, 3.63) is 64.6 Å². The van der Waals surface area contributed by atoms with E-state index >= 15 is 0 Å². The second kappa shape index (κ2) is 10.7. The summed E-state index contributed by atoms with van der Waals surface area (Å²) in [6.07, 6.45) is 5.13. The van der Waals surface area contributed by atoms with E-state index < -0.39 is 5.82 Å². The molecule has 4 atom stereocenters. The first-order chi connectivity index (χ1) is 17.0. The van der Waals surface area contributed by atoms with Gasteiger partial charge in [-0.15, -0.1) is 10.2 Å². The number of carbonyl (C=O) groups excluding carboxylic acids is 1. The Balaban J connectivity index is 1.31. The molecule has 2 saturated carbocycles. The Bertz CT molecular complexity index is 1190. The number of thioether (sulfide) groups is 1. The largest absolute Gasteiger partial charge is 0.483 e. The molecule has 184 valence electrons. The van der Waals surface area contributed by atoms with Crippen molar-refractivity contribution in [3.63, 3.8) is 0 Å². The van der Waals surface area contributed by atoms with Gasteiger partial charge in [0.25, 0.3) is 0 Å². The van der Waals surface area contributed by atoms with Gasteiger partial charge in [0, 0.05) is 16.2 Å². The molecule has 1 amide bonds. The molecule has 5 rings (SSSR count). The smallest absolute Gasteiger partial charge is 0.234 e. The number of carbonyl (C=O) groups is 1. The molecule has 0 saturated heterocycles. The highest BCUT2D eigenvalue weighted by Gasteiger charge is 2.43. The molecule has 2 aliphatic carbocycles. The lowest BCUT2D eigenvalue weighted by Gasteiger charge is -2.30. The number of nitrogens with zero attached hydrogens (tertiary/aromatic N) is 3. The second-order valence-corrected chi connectivity index (χ2v) is 11.3. The average molecular weight is 560 g/mol. The van der Waals surface area contributed by atoms with Gasteiger partial charge in [-0.25, -0.2) is 4.39 Å². The Kier molecular flexibility index (Phi) is 7.43. The number of benzene rings is 2. The van der Waals surface area contributed by atoms with Crippen LogP contribution < -0.4 is 10.1 Å². The second-order valence-electron chi connectivity index (χ2n) is 9.41. The number of ether oxygens (including phenoxy) is 1. The van der Waals surface area contributed by atoms with Crippen LogP contribution in [0.25, 0.3) is 0 Å². The third-order valence-corrected chi connectivity index (χ3v) is 8.68. The van der Waals surface area contributed by atoms with Crippen LogP contribution in [0.2, 0.25) is 0 Å². The highest BCUT2D eigenvalue weighted by Crippen LogP contribution is 2.52. The van der Waals surface area contributed by atoms with E-state index in [4.69, 9.17) is 4.74 Å². The van der Waals surface area contributed by atoms with Crippen LogP contribution in [-0.2, 0) is 11.4 Å². The molecule has 0 spiro atoms. The predicted octanol–water partition coefficient (Wildman–Crippen LogP) is 6.49. The van der Waals surface area contributed by atoms with Crippen molar-refractivity contribution in [2.75, 3.05) is 11.1 Å². The van der Waals surface area contributed by atoms with Crippen molar-refractivity contribution in [1.82, 2.24) is 14.8 Å². The van der Waals surface area contributed by atoms with E-state index in [1.807, 2.05) is 24.3 Å². The first-order valence-electron chi connectivity index (χ1n) is 12.0. The van der Waals surface area contributed by atoms with Gasteiger partial charge >= 0.3 is 0 Å². The summed E-state index contributed by atoms with van der Waals surface area (Å²) in [6, 6.07) is 14.0. The summed E-state index contributed by atoms with van der Waals surface area (Å²) in [5.74, 6) is 2.63. The average Bonchev–Trinajstić information content (AvgIpc) is 3.59. The van der Waals surface area contributed by atoms with Gasteiger partial charge in [-0.05, 0) is 80.3 Å². The van der Waals surface area contributed by atoms with Crippen LogP contribution in [0.3, 0.4) is 0 Å². The van der Waals surface area contributed by atoms with Crippen LogP contribution in [0.4, 0.5) is 10.1 Å². The fourth-order valence-electron chi connectivity index (χ4n) is 5.55. The SMILES string of the molecule is C[C@H]([C@@H]1C[C@H]2CC[C@H]1C2)n1c(COc2ccccc2F)nnc1SCC(=O)Nc1ccc(Br)cc1. The van der Waals surface area contributed by atoms with Crippen LogP contribution in [0, 0.1) is 23.6 Å². The number of anilines is 1. The summed E-state index contributed by atoms with van der Waals surface area (Å²) >= 11 is 4.77. The molecule has 2 aliphatic rings. The fourth-order valence-corrected chi connectivity index (χ4v) is 6.66. The minimum Gasteiger partial charge on any atom is -0.483 e. The number of fused-ring (bicyclic) bond motifs is 2. The Morgan fingerprint density at radius 1 is 1.20 bits per heavy atom. The van der Waals surface area contributed by atoms with E-state index in [9.17, 15) is 9.18 Å². The topological polar surface area (TPSA) is 69.0 Å². The molecule has 0 aliphatic heterocycles. The third kappa shape index (κ3) is 5.56. The Morgan fingerprint density at radius 3 is 2.71 bits per heavy atom. The summed E-state index contributed by atoms with van der Waals surface area (Å²) in [6.45, 7) is 2.33. The highest BCUT2D eigenvalue weighted by atomic mass is 79.9. The van der Waals surface area contributed by atoms with Crippen molar-refractivity contribution in [2.45, 2.75) is 50.4 Å². The van der Waals surface area contributed by atoms with Gasteiger partial charge in [0.15, 0.2) is 22.5 Å². The van der Waals surface area contributed by atoms with Crippen molar-refractivity contribution >= 4 is 39.3 Å². The summed E-state index contributed by atoms with van der Waals surface area (Å²) in [5, 5.41) is 12.4. The van der Waals surface area contributed by atoms with E-state index in [0.29, 0.717) is 16.9 Å². The van der Waals surface area contributed by atoms with E-state index in [-0.39, 0.29) is 30.1 Å². The minimum absolute atomic E-state index is 0.108. The van der Waals surface area contributed by atoms with Crippen LogP contribution in [-0.4, -0.2) is 26.4 Å². The van der Waals surface area contributed by atoms with Crippen LogP contribution in [0.5, 0.6) is 5.75 Å². The molecule has 2 fully saturated rings. The van der Waals surface area contributed by atoms with Crippen molar-refractivity contribution in [1.29, 1.82) is 0 Å². The van der Waals surface area contributed by atoms with Crippen molar-refractivity contribution < 1.29 is 13.9 Å². The molecule has 1 N–H and O–H groups in total. The number of amides is 1. The molecular weight excluding hydrogens is 531 g/mol. The molecule has 0 radical (unpaired) electrons. The monoisotopic (exact) mass is 558 g/mol. The number of hydrogen-bond donors (Lipinski definition) is 1. The predicted molar refractivity (Wildman–Crippen MR) is 138 cm³/mol. The molecule has 1 aromatic heterocycles. The molecular formula is C26H28BrFN4O2S. The van der Waals surface area contributed by atoms with E-state index in [1.165, 1.54) is 43.5 Å². The molecule has 6 nitrogen and oxygen atoms in total. The maximum absolute atomic E-state index is 14.1. The summed E-state index contributed by atoms with van der Waals surface area (Å²) < 4.78 is 22.9. The van der Waals surface area contributed by atoms with Gasteiger partial charge in [0.05, 0.1) is 5.75 Å². The normalized spacial score (nSPS) is 21.7. The fraction of sp³-hybridized carbons (Fsp3) is 0.423. The number of aromatic nitrogens is 3. The Morgan fingerprint density at radius 2 is 2.00 bits per heavy atom. The Labute approximate surface area is 217 Å². The number of halogens is 2. The van der Waals surface area contributed by atoms with Crippen LogP contribution in [0.1, 0.15) is 44.5 Å². The molecule has 0 unspecified atom stereocenters. The number of para-hydroxylation sites is 1. The van der Waals surface area contributed by atoms with Gasteiger partial charge in [-0.2, -0.15) is 0 Å². The van der Waals surface area contributed by atoms with Gasteiger partial charge in [0.1, 0.15) is 6.61 Å². The van der Waals surface area contributed by atoms with Gasteiger partial charge in [-0.1, -0.05) is 46.2 Å². The lowest BCUT2D eigenvalue weighted by molar-refractivity contribution is -0.113. The quantitative estimate of drug-likeness (QED) is 0.304. The van der Waals surface area contributed by atoms with Gasteiger partial charge < -0.3 is 10.1 Å². The number of nitrogens with one attached hydrogen (secondary N) is 1. The molecule has 1 heterocycles. The molecule has 2 bridgehead atoms. The summed E-state index contributed by atoms with van der Waals surface area (Å²) in [7, 11) is 0. The van der Waals surface area contributed by atoms with E-state index in [1.54, 1.807) is 18.2 Å². The van der Waals surface area contributed by atoms with Crippen LogP contribution in [0.15, 0.2) is 58.2 Å². The zero-order chi connectivity index (χ0) is 24.4. The van der Waals surface area contributed by atoms with Gasteiger partial charge in [-0.3, -0.25) is 9.36 Å². The molecule has 35 heavy (non-hydrogen) atoms. The molecule has 3 aromatic rings. The molecule has 9 heteroatoms. The van der Waals surface area contributed by atoms with E-state index in [0.717, 1.165) is 22.0 Å². The van der Waals surface area contributed by atoms with E-state index in [2.05, 4.69) is 42.9 Å².